The average Bonchev–Trinajstić information content (AvgIpc) is 3.17. The fourth-order valence-electron chi connectivity index (χ4n) is 5.03. The second kappa shape index (κ2) is 12.6. The van der Waals surface area contributed by atoms with Crippen LogP contribution in [0.25, 0.3) is 0 Å². The molecule has 1 spiro atoms. The van der Waals surface area contributed by atoms with Crippen molar-refractivity contribution in [2.24, 2.45) is 0 Å². The van der Waals surface area contributed by atoms with Crippen LogP contribution in [0, 0.1) is 0 Å². The largest absolute Gasteiger partial charge is 0.465 e. The van der Waals surface area contributed by atoms with E-state index in [4.69, 9.17) is 23.4 Å². The van der Waals surface area contributed by atoms with E-state index < -0.39 is 32.3 Å². The molecule has 4 atom stereocenters. The van der Waals surface area contributed by atoms with Crippen molar-refractivity contribution in [3.05, 3.63) is 47.5 Å². The molecule has 1 aromatic rings. The van der Waals surface area contributed by atoms with Crippen LogP contribution in [0.2, 0.25) is 18.1 Å². The van der Waals surface area contributed by atoms with Crippen molar-refractivity contribution in [3.8, 4) is 0 Å². The van der Waals surface area contributed by atoms with Gasteiger partial charge in [0.2, 0.25) is 0 Å². The molecule has 1 saturated carbocycles. The van der Waals surface area contributed by atoms with Gasteiger partial charge in [-0.3, -0.25) is 4.79 Å². The number of ketones is 1. The first kappa shape index (κ1) is 30.7. The molecule has 3 rings (SSSR count). The number of carbonyl (C=O) groups is 2. The Morgan fingerprint density at radius 1 is 1.11 bits per heavy atom. The topological polar surface area (TPSA) is 80.3 Å². The van der Waals surface area contributed by atoms with E-state index in [1.807, 2.05) is 6.92 Å². The summed E-state index contributed by atoms with van der Waals surface area (Å²) in [6, 6.07) is 6.99. The van der Waals surface area contributed by atoms with Crippen molar-refractivity contribution in [1.82, 2.24) is 0 Å². The van der Waals surface area contributed by atoms with Crippen LogP contribution in [0.4, 0.5) is 0 Å². The van der Waals surface area contributed by atoms with E-state index in [2.05, 4.69) is 33.9 Å². The number of esters is 1. The van der Waals surface area contributed by atoms with Gasteiger partial charge in [0.05, 0.1) is 18.8 Å². The maximum absolute atomic E-state index is 13.0. The van der Waals surface area contributed by atoms with Crippen molar-refractivity contribution in [3.63, 3.8) is 0 Å². The lowest BCUT2D eigenvalue weighted by atomic mass is 9.94. The predicted octanol–water partition coefficient (Wildman–Crippen LogP) is 6.01. The second-order valence-electron chi connectivity index (χ2n) is 12.1. The zero-order valence-electron chi connectivity index (χ0n) is 24.4. The summed E-state index contributed by atoms with van der Waals surface area (Å²) in [4.78, 5) is 25.1. The molecule has 0 unspecified atom stereocenters. The molecule has 212 valence electrons. The van der Waals surface area contributed by atoms with Gasteiger partial charge in [-0.1, -0.05) is 45.4 Å². The van der Waals surface area contributed by atoms with Gasteiger partial charge in [-0.25, -0.2) is 4.79 Å². The summed E-state index contributed by atoms with van der Waals surface area (Å²) in [5.74, 6) is -1.17. The Bertz CT molecular complexity index is 991. The lowest BCUT2D eigenvalue weighted by Gasteiger charge is -2.43. The minimum Gasteiger partial charge on any atom is -0.465 e. The molecule has 1 aliphatic carbocycles. The van der Waals surface area contributed by atoms with Crippen molar-refractivity contribution < 1.29 is 33.0 Å². The molecule has 0 N–H and O–H groups in total. The summed E-state index contributed by atoms with van der Waals surface area (Å²) in [5, 5.41) is -0.0219. The van der Waals surface area contributed by atoms with E-state index in [0.717, 1.165) is 25.7 Å². The normalized spacial score (nSPS) is 23.5. The zero-order valence-corrected chi connectivity index (χ0v) is 25.4. The van der Waals surface area contributed by atoms with E-state index in [9.17, 15) is 9.59 Å². The maximum atomic E-state index is 13.0. The van der Waals surface area contributed by atoms with Gasteiger partial charge in [-0.15, -0.1) is 0 Å². The molecule has 7 nitrogen and oxygen atoms in total. The van der Waals surface area contributed by atoms with Crippen LogP contribution in [-0.2, 0) is 34.6 Å². The number of ether oxygens (including phenoxy) is 4. The van der Waals surface area contributed by atoms with E-state index in [-0.39, 0.29) is 29.5 Å². The molecule has 1 saturated heterocycles. The Morgan fingerprint density at radius 2 is 1.76 bits per heavy atom. The molecule has 1 heterocycles. The molecule has 38 heavy (non-hydrogen) atoms. The molecule has 2 fully saturated rings. The molecular weight excluding hydrogens is 500 g/mol. The van der Waals surface area contributed by atoms with Crippen LogP contribution in [-0.4, -0.2) is 64.5 Å². The molecule has 0 bridgehead atoms. The van der Waals surface area contributed by atoms with Gasteiger partial charge in [0.15, 0.2) is 19.9 Å². The molecule has 0 radical (unpaired) electrons. The van der Waals surface area contributed by atoms with Gasteiger partial charge in [0.1, 0.15) is 18.3 Å². The van der Waals surface area contributed by atoms with Crippen LogP contribution in [0.5, 0.6) is 0 Å². The number of benzene rings is 1. The fourth-order valence-corrected chi connectivity index (χ4v) is 6.33. The third-order valence-corrected chi connectivity index (χ3v) is 12.7. The third kappa shape index (κ3) is 7.21. The van der Waals surface area contributed by atoms with Gasteiger partial charge in [0.25, 0.3) is 0 Å². The van der Waals surface area contributed by atoms with Crippen LogP contribution >= 0.6 is 0 Å². The van der Waals surface area contributed by atoms with E-state index in [0.29, 0.717) is 11.1 Å². The average molecular weight is 547 g/mol. The molecule has 2 aliphatic rings. The van der Waals surface area contributed by atoms with Gasteiger partial charge in [0, 0.05) is 26.4 Å². The highest BCUT2D eigenvalue weighted by Crippen LogP contribution is 2.44. The number of hydrogen-bond acceptors (Lipinski definition) is 7. The smallest absolute Gasteiger partial charge is 0.338 e. The molecule has 1 aromatic carbocycles. The first-order valence-corrected chi connectivity index (χ1v) is 16.7. The molecule has 8 heteroatoms. The summed E-state index contributed by atoms with van der Waals surface area (Å²) >= 11 is 0. The van der Waals surface area contributed by atoms with Crippen LogP contribution in [0.15, 0.2) is 36.4 Å². The minimum atomic E-state index is -2.23. The summed E-state index contributed by atoms with van der Waals surface area (Å²) in [6.07, 6.45) is 7.05. The predicted molar refractivity (Wildman–Crippen MR) is 150 cm³/mol. The summed E-state index contributed by atoms with van der Waals surface area (Å²) in [5.41, 5.74) is 1.01. The van der Waals surface area contributed by atoms with Gasteiger partial charge < -0.3 is 23.4 Å². The Labute approximate surface area is 229 Å². The van der Waals surface area contributed by atoms with E-state index in [1.54, 1.807) is 37.5 Å². The van der Waals surface area contributed by atoms with Crippen molar-refractivity contribution in [2.45, 2.75) is 115 Å². The van der Waals surface area contributed by atoms with Gasteiger partial charge >= 0.3 is 5.97 Å². The fraction of sp³-hybridized carbons (Fsp3) is 0.667. The maximum Gasteiger partial charge on any atom is 0.338 e. The molecule has 0 amide bonds. The van der Waals surface area contributed by atoms with E-state index in [1.165, 1.54) is 19.6 Å². The molecule has 1 aliphatic heterocycles. The standard InChI is InChI=1S/C30H46O7Si/c1-21-26(36-30(35-21)18-12-9-13-19-30)27(37-38(7,8)29(2,3)4)25(33-5)17-16-23(31)20-22-14-10-11-15-24(22)28(32)34-6/h10-11,14-17,21,25-27H,9,12-13,18-20H2,1-8H3/b17-16+/t21-,25+,26+,27-/m1/s1. The monoisotopic (exact) mass is 546 g/mol. The van der Waals surface area contributed by atoms with Gasteiger partial charge in [-0.05, 0) is 61.7 Å². The van der Waals surface area contributed by atoms with Crippen molar-refractivity contribution in [1.29, 1.82) is 0 Å². The minimum absolute atomic E-state index is 0.0219. The zero-order chi connectivity index (χ0) is 28.1. The first-order chi connectivity index (χ1) is 17.8. The Kier molecular flexibility index (Phi) is 10.1. The summed E-state index contributed by atoms with van der Waals surface area (Å²) < 4.78 is 30.9. The lowest BCUT2D eigenvalue weighted by molar-refractivity contribution is -0.202. The number of allylic oxidation sites excluding steroid dienone is 1. The van der Waals surface area contributed by atoms with Crippen LogP contribution < -0.4 is 0 Å². The van der Waals surface area contributed by atoms with Crippen molar-refractivity contribution >= 4 is 20.1 Å². The quantitative estimate of drug-likeness (QED) is 0.202. The highest BCUT2D eigenvalue weighted by molar-refractivity contribution is 6.74. The summed E-state index contributed by atoms with van der Waals surface area (Å²) in [7, 11) is 0.731. The Morgan fingerprint density at radius 3 is 2.37 bits per heavy atom. The second-order valence-corrected chi connectivity index (χ2v) is 16.8. The Balaban J connectivity index is 1.85. The Hall–Kier alpha value is -1.84. The molecule has 0 aromatic heterocycles. The van der Waals surface area contributed by atoms with E-state index >= 15 is 0 Å². The SMILES string of the molecule is COC(=O)c1ccccc1CC(=O)/C=C/[C@H](OC)[C@@H](O[Si](C)(C)C(C)(C)C)[C@H]1OC2(CCCCC2)O[C@@H]1C. The van der Waals surface area contributed by atoms with Gasteiger partial charge in [-0.2, -0.15) is 0 Å². The highest BCUT2D eigenvalue weighted by atomic mass is 28.4. The number of carbonyl (C=O) groups excluding carboxylic acids is 2. The first-order valence-electron chi connectivity index (χ1n) is 13.8. The number of hydrogen-bond donors (Lipinski definition) is 0. The number of rotatable bonds is 10. The number of methoxy groups -OCH3 is 2. The highest BCUT2D eigenvalue weighted by Gasteiger charge is 2.52. The van der Waals surface area contributed by atoms with Crippen LogP contribution in [0.1, 0.15) is 75.7 Å². The summed E-state index contributed by atoms with van der Waals surface area (Å²) in [6.45, 7) is 13.1. The third-order valence-electron chi connectivity index (χ3n) is 8.25. The lowest BCUT2D eigenvalue weighted by Crippen LogP contribution is -2.53. The van der Waals surface area contributed by atoms with Crippen molar-refractivity contribution in [2.75, 3.05) is 14.2 Å². The molecular formula is C30H46O7Si. The van der Waals surface area contributed by atoms with Crippen LogP contribution in [0.3, 0.4) is 0 Å².